The molecule has 1 aliphatic carbocycles. The molecule has 1 aromatic carbocycles. The molecule has 49 heavy (non-hydrogen) atoms. The number of ether oxygens (including phenoxy) is 3. The Hall–Kier alpha value is -5.26. The van der Waals surface area contributed by atoms with Crippen LogP contribution in [-0.4, -0.2) is 76.8 Å². The van der Waals surface area contributed by atoms with Crippen molar-refractivity contribution in [2.45, 2.75) is 64.3 Å². The van der Waals surface area contributed by atoms with Gasteiger partial charge in [-0.2, -0.15) is 5.26 Å². The maximum Gasteiger partial charge on any atom is 0.416 e. The lowest BCUT2D eigenvalue weighted by molar-refractivity contribution is 0.0265. The number of benzene rings is 1. The lowest BCUT2D eigenvalue weighted by atomic mass is 9.95. The second-order valence-electron chi connectivity index (χ2n) is 14.4. The Morgan fingerprint density at radius 2 is 1.69 bits per heavy atom. The van der Waals surface area contributed by atoms with Crippen molar-refractivity contribution in [1.29, 1.82) is 5.26 Å². The molecule has 0 spiro atoms. The molecule has 2 aromatic heterocycles. The number of hydrogen-bond acceptors (Lipinski definition) is 10. The summed E-state index contributed by atoms with van der Waals surface area (Å²) in [6.07, 6.45) is -0.333. The highest BCUT2D eigenvalue weighted by Gasteiger charge is 2.71. The Balaban J connectivity index is 1.15. The maximum absolute atomic E-state index is 15.5. The van der Waals surface area contributed by atoms with E-state index in [0.717, 1.165) is 21.9 Å². The summed E-state index contributed by atoms with van der Waals surface area (Å²) in [6, 6.07) is 8.93. The summed E-state index contributed by atoms with van der Waals surface area (Å²) in [5, 5.41) is 13.9. The van der Waals surface area contributed by atoms with Gasteiger partial charge in [0, 0.05) is 42.8 Å². The molecule has 4 heterocycles. The topological polar surface area (TPSA) is 151 Å². The largest absolute Gasteiger partial charge is 0.444 e. The SMILES string of the molecule is CC(C)(C)OC(=O)N1C[C@@H]2[C@H](C1)C2(C#N)c1ccc(-c2c(F)cc(N3C[C@H](CN(C(=O)OC(C)(C)C)c4ccon4)OC3=O)cc2F)cn1. The maximum atomic E-state index is 15.5. The second kappa shape index (κ2) is 12.0. The molecule has 0 N–H and O–H groups in total. The van der Waals surface area contributed by atoms with Gasteiger partial charge in [0.1, 0.15) is 40.6 Å². The summed E-state index contributed by atoms with van der Waals surface area (Å²) in [7, 11) is 0. The van der Waals surface area contributed by atoms with E-state index in [9.17, 15) is 19.6 Å². The van der Waals surface area contributed by atoms with Gasteiger partial charge in [0.15, 0.2) is 5.82 Å². The smallest absolute Gasteiger partial charge is 0.416 e. The predicted molar refractivity (Wildman–Crippen MR) is 169 cm³/mol. The van der Waals surface area contributed by atoms with Crippen LogP contribution in [0, 0.1) is 34.8 Å². The van der Waals surface area contributed by atoms with Gasteiger partial charge in [-0.3, -0.25) is 14.8 Å². The second-order valence-corrected chi connectivity index (χ2v) is 14.4. The lowest BCUT2D eigenvalue weighted by Crippen LogP contribution is -2.42. The Bertz CT molecular complexity index is 1780. The highest BCUT2D eigenvalue weighted by atomic mass is 19.1. The average molecular weight is 679 g/mol. The van der Waals surface area contributed by atoms with Crippen molar-refractivity contribution in [3.8, 4) is 17.2 Å². The minimum atomic E-state index is -0.940. The standard InChI is InChI=1S/C34H36F2N6O7/c1-32(2,3)48-29(43)40-16-22-23(17-40)34(22,18-37)26-8-7-19(13-38-26)28-24(35)11-20(12-25(28)36)41-14-21(47-30(41)44)15-42(27-9-10-46-39-27)31(45)49-33(4,5)6/h7-13,21-23H,14-17H2,1-6H3/t21-,22-,23+,34?/m1/s1. The number of likely N-dealkylation sites (tertiary alicyclic amines) is 1. The van der Waals surface area contributed by atoms with Crippen molar-refractivity contribution in [3.63, 3.8) is 0 Å². The predicted octanol–water partition coefficient (Wildman–Crippen LogP) is 6.04. The van der Waals surface area contributed by atoms with Crippen molar-refractivity contribution < 1.29 is 41.9 Å². The first-order valence-corrected chi connectivity index (χ1v) is 15.7. The normalized spacial score (nSPS) is 23.1. The van der Waals surface area contributed by atoms with Crippen LogP contribution >= 0.6 is 0 Å². The molecule has 3 fully saturated rings. The number of aromatic nitrogens is 2. The number of nitriles is 1. The van der Waals surface area contributed by atoms with Crippen LogP contribution in [0.5, 0.6) is 0 Å². The molecule has 0 bridgehead atoms. The number of anilines is 2. The molecule has 15 heteroatoms. The molecule has 3 aliphatic rings. The molecular weight excluding hydrogens is 642 g/mol. The number of hydrogen-bond donors (Lipinski definition) is 0. The molecule has 4 atom stereocenters. The molecule has 1 saturated carbocycles. The van der Waals surface area contributed by atoms with E-state index in [4.69, 9.17) is 18.7 Å². The van der Waals surface area contributed by atoms with Crippen LogP contribution in [0.1, 0.15) is 47.2 Å². The van der Waals surface area contributed by atoms with E-state index in [-0.39, 0.29) is 47.6 Å². The van der Waals surface area contributed by atoms with Gasteiger partial charge in [-0.05, 0) is 59.7 Å². The summed E-state index contributed by atoms with van der Waals surface area (Å²) in [6.45, 7) is 10.9. The summed E-state index contributed by atoms with van der Waals surface area (Å²) in [5.41, 5.74) is -2.19. The third-order valence-electron chi connectivity index (χ3n) is 8.61. The fourth-order valence-electron chi connectivity index (χ4n) is 6.44. The van der Waals surface area contributed by atoms with E-state index in [2.05, 4.69) is 16.2 Å². The van der Waals surface area contributed by atoms with Gasteiger partial charge in [0.05, 0.1) is 36.1 Å². The van der Waals surface area contributed by atoms with Crippen LogP contribution in [0.4, 0.5) is 34.7 Å². The first-order chi connectivity index (χ1) is 23.0. The number of nitrogens with zero attached hydrogens (tertiary/aromatic N) is 6. The number of piperidine rings is 1. The molecule has 2 aliphatic heterocycles. The van der Waals surface area contributed by atoms with Crippen molar-refractivity contribution in [3.05, 3.63) is 60.1 Å². The van der Waals surface area contributed by atoms with E-state index in [1.54, 1.807) is 52.5 Å². The van der Waals surface area contributed by atoms with Crippen molar-refractivity contribution in [2.24, 2.45) is 11.8 Å². The zero-order valence-electron chi connectivity index (χ0n) is 27.9. The van der Waals surface area contributed by atoms with Gasteiger partial charge in [-0.15, -0.1) is 0 Å². The van der Waals surface area contributed by atoms with Gasteiger partial charge in [-0.25, -0.2) is 23.2 Å². The summed E-state index contributed by atoms with van der Waals surface area (Å²) in [5.74, 6) is -2.01. The number of fused-ring (bicyclic) bond motifs is 1. The number of pyridine rings is 1. The van der Waals surface area contributed by atoms with Gasteiger partial charge >= 0.3 is 18.3 Å². The van der Waals surface area contributed by atoms with Crippen LogP contribution in [0.15, 0.2) is 47.3 Å². The van der Waals surface area contributed by atoms with Gasteiger partial charge in [0.25, 0.3) is 0 Å². The first kappa shape index (κ1) is 33.6. The molecule has 0 radical (unpaired) electrons. The van der Waals surface area contributed by atoms with E-state index < -0.39 is 52.6 Å². The molecule has 3 amide bonds. The minimum absolute atomic E-state index is 0.0788. The molecule has 13 nitrogen and oxygen atoms in total. The van der Waals surface area contributed by atoms with Crippen LogP contribution in [-0.2, 0) is 19.6 Å². The highest BCUT2D eigenvalue weighted by molar-refractivity contribution is 5.91. The summed E-state index contributed by atoms with van der Waals surface area (Å²) < 4.78 is 52.3. The van der Waals surface area contributed by atoms with E-state index in [1.165, 1.54) is 24.6 Å². The third kappa shape index (κ3) is 6.47. The number of carbonyl (C=O) groups excluding carboxylic acids is 3. The Morgan fingerprint density at radius 1 is 1.04 bits per heavy atom. The fourth-order valence-corrected chi connectivity index (χ4v) is 6.44. The molecule has 6 rings (SSSR count). The van der Waals surface area contributed by atoms with E-state index >= 15 is 8.78 Å². The third-order valence-corrected chi connectivity index (χ3v) is 8.61. The van der Waals surface area contributed by atoms with Crippen LogP contribution < -0.4 is 9.80 Å². The molecular formula is C34H36F2N6O7. The lowest BCUT2D eigenvalue weighted by Gasteiger charge is -2.27. The molecule has 1 unspecified atom stereocenters. The first-order valence-electron chi connectivity index (χ1n) is 15.7. The summed E-state index contributed by atoms with van der Waals surface area (Å²) in [4.78, 5) is 46.5. The monoisotopic (exact) mass is 678 g/mol. The number of rotatable bonds is 6. The minimum Gasteiger partial charge on any atom is -0.444 e. The van der Waals surface area contributed by atoms with Crippen molar-refractivity contribution in [2.75, 3.05) is 36.0 Å². The van der Waals surface area contributed by atoms with Gasteiger partial charge < -0.3 is 23.6 Å². The molecule has 258 valence electrons. The Labute approximate surface area is 281 Å². The van der Waals surface area contributed by atoms with Gasteiger partial charge in [-0.1, -0.05) is 11.2 Å². The van der Waals surface area contributed by atoms with Gasteiger partial charge in [0.2, 0.25) is 0 Å². The Morgan fingerprint density at radius 3 is 2.22 bits per heavy atom. The van der Waals surface area contributed by atoms with Crippen LogP contribution in [0.25, 0.3) is 11.1 Å². The Kier molecular flexibility index (Phi) is 8.24. The zero-order chi connectivity index (χ0) is 35.5. The number of halogens is 2. The van der Waals surface area contributed by atoms with E-state index in [1.807, 2.05) is 0 Å². The summed E-state index contributed by atoms with van der Waals surface area (Å²) >= 11 is 0. The number of carbonyl (C=O) groups is 3. The highest BCUT2D eigenvalue weighted by Crippen LogP contribution is 2.63. The average Bonchev–Trinajstić information content (AvgIpc) is 3.52. The van der Waals surface area contributed by atoms with Crippen molar-refractivity contribution in [1.82, 2.24) is 15.0 Å². The van der Waals surface area contributed by atoms with Crippen LogP contribution in [0.2, 0.25) is 0 Å². The fraction of sp³-hybridized carbons (Fsp3) is 0.471. The molecule has 3 aromatic rings. The zero-order valence-corrected chi connectivity index (χ0v) is 27.9. The van der Waals surface area contributed by atoms with Crippen LogP contribution in [0.3, 0.4) is 0 Å². The van der Waals surface area contributed by atoms with Crippen molar-refractivity contribution >= 4 is 29.8 Å². The number of cyclic esters (lactones) is 1. The number of amides is 3. The van der Waals surface area contributed by atoms with E-state index in [0.29, 0.717) is 18.8 Å². The quantitative estimate of drug-likeness (QED) is 0.282. The molecule has 2 saturated heterocycles.